The first-order chi connectivity index (χ1) is 12.5. The van der Waals surface area contributed by atoms with Crippen LogP contribution in [0.5, 0.6) is 5.75 Å². The van der Waals surface area contributed by atoms with Crippen molar-refractivity contribution in [1.29, 1.82) is 0 Å². The molecule has 0 aromatic heterocycles. The summed E-state index contributed by atoms with van der Waals surface area (Å²) >= 11 is 0. The minimum Gasteiger partial charge on any atom is -0.493 e. The molecule has 1 aromatic carbocycles. The largest absolute Gasteiger partial charge is 0.493 e. The monoisotopic (exact) mass is 360 g/mol. The van der Waals surface area contributed by atoms with Crippen LogP contribution in [0.3, 0.4) is 0 Å². The van der Waals surface area contributed by atoms with Crippen molar-refractivity contribution >= 4 is 0 Å². The van der Waals surface area contributed by atoms with E-state index in [4.69, 9.17) is 4.74 Å². The predicted molar refractivity (Wildman–Crippen MR) is 113 cm³/mol. The summed E-state index contributed by atoms with van der Waals surface area (Å²) in [7, 11) is 2.22. The van der Waals surface area contributed by atoms with E-state index in [-0.39, 0.29) is 0 Å². The molecule has 0 radical (unpaired) electrons. The Morgan fingerprint density at radius 2 is 1.42 bits per heavy atom. The molecule has 3 nitrogen and oxygen atoms in total. The van der Waals surface area contributed by atoms with E-state index in [2.05, 4.69) is 62.7 Å². The zero-order valence-electron chi connectivity index (χ0n) is 17.8. The number of likely N-dealkylation sites (N-methyl/N-ethyl adjacent to an activating group) is 1. The molecule has 0 saturated carbocycles. The third-order valence-electron chi connectivity index (χ3n) is 5.53. The lowest BCUT2D eigenvalue weighted by atomic mass is 9.94. The molecule has 26 heavy (non-hydrogen) atoms. The van der Waals surface area contributed by atoms with Crippen molar-refractivity contribution < 1.29 is 4.74 Å². The molecule has 148 valence electrons. The van der Waals surface area contributed by atoms with Crippen molar-refractivity contribution in [2.24, 2.45) is 0 Å². The van der Waals surface area contributed by atoms with Crippen LogP contribution in [0.4, 0.5) is 0 Å². The van der Waals surface area contributed by atoms with Gasteiger partial charge in [0.1, 0.15) is 5.75 Å². The summed E-state index contributed by atoms with van der Waals surface area (Å²) < 4.78 is 6.28. The normalized spacial score (nSPS) is 16.6. The SMILES string of the molecule is CC(C)c1cccc(C(C)C)c1OCCCCCCN1CCN(C)CC1. The molecule has 3 heteroatoms. The summed E-state index contributed by atoms with van der Waals surface area (Å²) in [6.45, 7) is 16.1. The first kappa shape index (κ1) is 21.2. The van der Waals surface area contributed by atoms with Gasteiger partial charge < -0.3 is 14.5 Å². The lowest BCUT2D eigenvalue weighted by Crippen LogP contribution is -2.44. The fourth-order valence-corrected chi connectivity index (χ4v) is 3.69. The summed E-state index contributed by atoms with van der Waals surface area (Å²) in [5, 5.41) is 0. The number of rotatable bonds is 10. The van der Waals surface area contributed by atoms with Crippen molar-refractivity contribution in [3.05, 3.63) is 29.3 Å². The van der Waals surface area contributed by atoms with Gasteiger partial charge in [-0.05, 0) is 49.4 Å². The average molecular weight is 361 g/mol. The Bertz CT molecular complexity index is 493. The summed E-state index contributed by atoms with van der Waals surface area (Å²) in [5.41, 5.74) is 2.71. The van der Waals surface area contributed by atoms with Gasteiger partial charge in [-0.15, -0.1) is 0 Å². The Morgan fingerprint density at radius 1 is 0.846 bits per heavy atom. The molecule has 0 atom stereocenters. The van der Waals surface area contributed by atoms with E-state index in [1.807, 2.05) is 0 Å². The standard InChI is InChI=1S/C23H40N2O/c1-19(2)21-11-10-12-22(20(3)4)23(21)26-18-9-7-6-8-13-25-16-14-24(5)15-17-25/h10-12,19-20H,6-9,13-18H2,1-5H3. The molecule has 0 amide bonds. The van der Waals surface area contributed by atoms with Gasteiger partial charge in [-0.25, -0.2) is 0 Å². The third kappa shape index (κ3) is 6.59. The van der Waals surface area contributed by atoms with Crippen LogP contribution in [0.25, 0.3) is 0 Å². The average Bonchev–Trinajstić information content (AvgIpc) is 2.62. The maximum Gasteiger partial charge on any atom is 0.126 e. The Kier molecular flexibility index (Phi) is 8.94. The van der Waals surface area contributed by atoms with E-state index < -0.39 is 0 Å². The van der Waals surface area contributed by atoms with Gasteiger partial charge in [-0.2, -0.15) is 0 Å². The van der Waals surface area contributed by atoms with Crippen LogP contribution in [0.2, 0.25) is 0 Å². The molecule has 0 spiro atoms. The van der Waals surface area contributed by atoms with Crippen LogP contribution in [-0.4, -0.2) is 56.2 Å². The van der Waals surface area contributed by atoms with Crippen LogP contribution in [0.15, 0.2) is 18.2 Å². The van der Waals surface area contributed by atoms with E-state index in [9.17, 15) is 0 Å². The zero-order chi connectivity index (χ0) is 18.9. The predicted octanol–water partition coefficient (Wildman–Crippen LogP) is 5.12. The Morgan fingerprint density at radius 3 is 2.00 bits per heavy atom. The second-order valence-corrected chi connectivity index (χ2v) is 8.48. The number of ether oxygens (including phenoxy) is 1. The number of piperazine rings is 1. The summed E-state index contributed by atoms with van der Waals surface area (Å²) in [4.78, 5) is 5.04. The van der Waals surface area contributed by atoms with E-state index in [1.54, 1.807) is 0 Å². The maximum atomic E-state index is 6.28. The lowest BCUT2D eigenvalue weighted by Gasteiger charge is -2.32. The van der Waals surface area contributed by atoms with Gasteiger partial charge in [0.05, 0.1) is 6.61 Å². The fourth-order valence-electron chi connectivity index (χ4n) is 3.69. The number of unbranched alkanes of at least 4 members (excludes halogenated alkanes) is 3. The molecule has 1 aliphatic heterocycles. The Balaban J connectivity index is 1.68. The van der Waals surface area contributed by atoms with Crippen LogP contribution < -0.4 is 4.74 Å². The van der Waals surface area contributed by atoms with E-state index in [0.717, 1.165) is 18.8 Å². The fraction of sp³-hybridized carbons (Fsp3) is 0.739. The summed E-state index contributed by atoms with van der Waals surface area (Å²) in [6.07, 6.45) is 5.07. The molecular weight excluding hydrogens is 320 g/mol. The zero-order valence-corrected chi connectivity index (χ0v) is 17.8. The van der Waals surface area contributed by atoms with Gasteiger partial charge in [-0.1, -0.05) is 58.7 Å². The number of hydrogen-bond acceptors (Lipinski definition) is 3. The molecule has 1 fully saturated rings. The quantitative estimate of drug-likeness (QED) is 0.539. The van der Waals surface area contributed by atoms with Crippen molar-refractivity contribution in [1.82, 2.24) is 9.80 Å². The van der Waals surface area contributed by atoms with Crippen molar-refractivity contribution in [3.8, 4) is 5.75 Å². The second-order valence-electron chi connectivity index (χ2n) is 8.48. The highest BCUT2D eigenvalue weighted by molar-refractivity contribution is 5.44. The van der Waals surface area contributed by atoms with Gasteiger partial charge in [0.2, 0.25) is 0 Å². The van der Waals surface area contributed by atoms with Crippen LogP contribution in [0.1, 0.15) is 76.3 Å². The number of nitrogens with zero attached hydrogens (tertiary/aromatic N) is 2. The van der Waals surface area contributed by atoms with Crippen LogP contribution in [0, 0.1) is 0 Å². The minimum atomic E-state index is 0.507. The minimum absolute atomic E-state index is 0.507. The van der Waals surface area contributed by atoms with Crippen molar-refractivity contribution in [2.45, 2.75) is 65.2 Å². The molecule has 1 heterocycles. The second kappa shape index (κ2) is 10.9. The molecule has 1 saturated heterocycles. The van der Waals surface area contributed by atoms with Crippen LogP contribution in [-0.2, 0) is 0 Å². The Labute approximate surface area is 161 Å². The maximum absolute atomic E-state index is 6.28. The van der Waals surface area contributed by atoms with Gasteiger partial charge >= 0.3 is 0 Å². The number of hydrogen-bond donors (Lipinski definition) is 0. The topological polar surface area (TPSA) is 15.7 Å². The first-order valence-electron chi connectivity index (χ1n) is 10.7. The smallest absolute Gasteiger partial charge is 0.126 e. The van der Waals surface area contributed by atoms with E-state index >= 15 is 0 Å². The molecule has 1 aliphatic rings. The van der Waals surface area contributed by atoms with Crippen molar-refractivity contribution in [3.63, 3.8) is 0 Å². The third-order valence-corrected chi connectivity index (χ3v) is 5.53. The number of benzene rings is 1. The van der Waals surface area contributed by atoms with Gasteiger partial charge in [-0.3, -0.25) is 0 Å². The molecular formula is C23H40N2O. The molecule has 1 aromatic rings. The lowest BCUT2D eigenvalue weighted by molar-refractivity contribution is 0.151. The molecule has 0 aliphatic carbocycles. The Hall–Kier alpha value is -1.06. The number of para-hydroxylation sites is 1. The highest BCUT2D eigenvalue weighted by Crippen LogP contribution is 2.34. The summed E-state index contributed by atoms with van der Waals surface area (Å²) in [5.74, 6) is 2.16. The first-order valence-corrected chi connectivity index (χ1v) is 10.7. The molecule has 0 unspecified atom stereocenters. The van der Waals surface area contributed by atoms with E-state index in [0.29, 0.717) is 11.8 Å². The molecule has 2 rings (SSSR count). The van der Waals surface area contributed by atoms with E-state index in [1.165, 1.54) is 63.1 Å². The van der Waals surface area contributed by atoms with Gasteiger partial charge in [0.25, 0.3) is 0 Å². The molecule has 0 N–H and O–H groups in total. The van der Waals surface area contributed by atoms with Crippen molar-refractivity contribution in [2.75, 3.05) is 46.4 Å². The highest BCUT2D eigenvalue weighted by atomic mass is 16.5. The highest BCUT2D eigenvalue weighted by Gasteiger charge is 2.15. The molecule has 0 bridgehead atoms. The van der Waals surface area contributed by atoms with Gasteiger partial charge in [0, 0.05) is 26.2 Å². The van der Waals surface area contributed by atoms with Crippen LogP contribution >= 0.6 is 0 Å². The summed E-state index contributed by atoms with van der Waals surface area (Å²) in [6, 6.07) is 6.62. The van der Waals surface area contributed by atoms with Gasteiger partial charge in [0.15, 0.2) is 0 Å².